The van der Waals surface area contributed by atoms with Crippen LogP contribution in [0.15, 0.2) is 18.2 Å². The Bertz CT molecular complexity index is 236. The second-order valence-corrected chi connectivity index (χ2v) is 2.16. The zero-order chi connectivity index (χ0) is 9.56. The summed E-state index contributed by atoms with van der Waals surface area (Å²) in [5, 5.41) is 17.9. The molecule has 3 nitrogen and oxygen atoms in total. The Morgan fingerprint density at radius 1 is 1.25 bits per heavy atom. The highest BCUT2D eigenvalue weighted by Crippen LogP contribution is 2.23. The maximum Gasteiger partial charge on any atom is 0.122 e. The summed E-state index contributed by atoms with van der Waals surface area (Å²) in [6.45, 7) is 3.10. The molecule has 0 aliphatic carbocycles. The fourth-order valence-corrected chi connectivity index (χ4v) is 0.612. The Hall–Kier alpha value is -1.51. The highest BCUT2D eigenvalue weighted by atomic mass is 16.3. The van der Waals surface area contributed by atoms with Crippen molar-refractivity contribution in [3.8, 4) is 11.5 Å². The van der Waals surface area contributed by atoms with Gasteiger partial charge in [-0.2, -0.15) is 0 Å². The lowest BCUT2D eigenvalue weighted by Gasteiger charge is -1.98. The number of rotatable bonds is 0. The Morgan fingerprint density at radius 2 is 1.58 bits per heavy atom. The lowest BCUT2D eigenvalue weighted by Crippen LogP contribution is -1.73. The van der Waals surface area contributed by atoms with Gasteiger partial charge >= 0.3 is 0 Å². The van der Waals surface area contributed by atoms with E-state index in [2.05, 4.69) is 0 Å². The third-order valence-electron chi connectivity index (χ3n) is 1.28. The smallest absolute Gasteiger partial charge is 0.122 e. The number of aldehydes is 1. The molecular formula is C9H12O3. The van der Waals surface area contributed by atoms with E-state index in [1.165, 1.54) is 19.1 Å². The summed E-state index contributed by atoms with van der Waals surface area (Å²) in [5.41, 5.74) is 0.525. The number of benzene rings is 1. The second-order valence-electron chi connectivity index (χ2n) is 2.16. The summed E-state index contributed by atoms with van der Waals surface area (Å²) >= 11 is 0. The number of aromatic hydroxyl groups is 2. The van der Waals surface area contributed by atoms with E-state index in [9.17, 15) is 0 Å². The van der Waals surface area contributed by atoms with Crippen molar-refractivity contribution in [2.45, 2.75) is 13.8 Å². The molecule has 12 heavy (non-hydrogen) atoms. The van der Waals surface area contributed by atoms with E-state index in [4.69, 9.17) is 15.0 Å². The van der Waals surface area contributed by atoms with Crippen molar-refractivity contribution in [2.24, 2.45) is 0 Å². The standard InChI is InChI=1S/C7H8O2.C2H4O/c1-5-6(8)3-2-4-7(5)9;1-2-3/h2-4,8-9H,1H3;2H,1H3. The quantitative estimate of drug-likeness (QED) is 0.578. The van der Waals surface area contributed by atoms with Crippen molar-refractivity contribution in [2.75, 3.05) is 0 Å². The summed E-state index contributed by atoms with van der Waals surface area (Å²) in [6, 6.07) is 4.67. The van der Waals surface area contributed by atoms with Gasteiger partial charge in [0.05, 0.1) is 0 Å². The van der Waals surface area contributed by atoms with Gasteiger partial charge in [0, 0.05) is 5.56 Å². The molecule has 0 radical (unpaired) electrons. The minimum absolute atomic E-state index is 0.134. The van der Waals surface area contributed by atoms with Crippen molar-refractivity contribution < 1.29 is 15.0 Å². The average molecular weight is 168 g/mol. The minimum Gasteiger partial charge on any atom is -0.508 e. The summed E-state index contributed by atoms with van der Waals surface area (Å²) in [6.07, 6.45) is 0.750. The van der Waals surface area contributed by atoms with Crippen molar-refractivity contribution in [1.29, 1.82) is 0 Å². The van der Waals surface area contributed by atoms with Crippen LogP contribution in [0, 0.1) is 6.92 Å². The number of carbonyl (C=O) groups excluding carboxylic acids is 1. The predicted octanol–water partition coefficient (Wildman–Crippen LogP) is 1.61. The van der Waals surface area contributed by atoms with Gasteiger partial charge in [-0.3, -0.25) is 0 Å². The first-order valence-corrected chi connectivity index (χ1v) is 3.50. The molecule has 1 aromatic carbocycles. The predicted molar refractivity (Wildman–Crippen MR) is 46.2 cm³/mol. The molecule has 1 rings (SSSR count). The molecule has 0 saturated carbocycles. The molecule has 0 atom stereocenters. The van der Waals surface area contributed by atoms with E-state index in [1.54, 1.807) is 13.0 Å². The van der Waals surface area contributed by atoms with Crippen molar-refractivity contribution in [3.63, 3.8) is 0 Å². The molecule has 0 heterocycles. The first-order valence-electron chi connectivity index (χ1n) is 3.50. The van der Waals surface area contributed by atoms with Crippen LogP contribution in [0.3, 0.4) is 0 Å². The number of hydrogen-bond acceptors (Lipinski definition) is 3. The van der Waals surface area contributed by atoms with Gasteiger partial charge in [0.1, 0.15) is 17.8 Å². The minimum atomic E-state index is 0.134. The summed E-state index contributed by atoms with van der Waals surface area (Å²) in [5.74, 6) is 0.269. The van der Waals surface area contributed by atoms with Gasteiger partial charge in [0.25, 0.3) is 0 Å². The third kappa shape index (κ3) is 3.05. The Kier molecular flexibility index (Phi) is 4.53. The maximum atomic E-state index is 8.94. The van der Waals surface area contributed by atoms with Crippen LogP contribution in [0.25, 0.3) is 0 Å². The van der Waals surface area contributed by atoms with E-state index in [1.807, 2.05) is 0 Å². The SMILES string of the molecule is CC=O.Cc1c(O)cccc1O. The van der Waals surface area contributed by atoms with Crippen LogP contribution >= 0.6 is 0 Å². The van der Waals surface area contributed by atoms with Crippen LogP contribution in [-0.4, -0.2) is 16.5 Å². The van der Waals surface area contributed by atoms with Crippen LogP contribution in [0.2, 0.25) is 0 Å². The molecular weight excluding hydrogens is 156 g/mol. The fraction of sp³-hybridized carbons (Fsp3) is 0.222. The molecule has 0 aromatic heterocycles. The molecule has 2 N–H and O–H groups in total. The molecule has 0 saturated heterocycles. The number of phenols is 2. The largest absolute Gasteiger partial charge is 0.508 e. The number of phenolic OH excluding ortho intramolecular Hbond substituents is 2. The Labute approximate surface area is 71.3 Å². The molecule has 0 aliphatic heterocycles. The maximum absolute atomic E-state index is 8.94. The second kappa shape index (κ2) is 5.18. The van der Waals surface area contributed by atoms with Crippen molar-refractivity contribution in [3.05, 3.63) is 23.8 Å². The van der Waals surface area contributed by atoms with Crippen LogP contribution < -0.4 is 0 Å². The first kappa shape index (κ1) is 10.5. The van der Waals surface area contributed by atoms with E-state index >= 15 is 0 Å². The highest BCUT2D eigenvalue weighted by molar-refractivity contribution is 5.44. The molecule has 0 fully saturated rings. The monoisotopic (exact) mass is 168 g/mol. The van der Waals surface area contributed by atoms with E-state index in [0.717, 1.165) is 6.29 Å². The van der Waals surface area contributed by atoms with E-state index in [0.29, 0.717) is 5.56 Å². The Balaban J connectivity index is 0.000000354. The fourth-order valence-electron chi connectivity index (χ4n) is 0.612. The zero-order valence-electron chi connectivity index (χ0n) is 7.11. The molecule has 0 unspecified atom stereocenters. The molecule has 0 aliphatic rings. The normalized spacial score (nSPS) is 8.17. The van der Waals surface area contributed by atoms with Crippen molar-refractivity contribution >= 4 is 6.29 Å². The van der Waals surface area contributed by atoms with Crippen LogP contribution in [0.1, 0.15) is 12.5 Å². The summed E-state index contributed by atoms with van der Waals surface area (Å²) in [4.78, 5) is 8.81. The van der Waals surface area contributed by atoms with Gasteiger partial charge in [-0.25, -0.2) is 0 Å². The zero-order valence-corrected chi connectivity index (χ0v) is 7.11. The first-order chi connectivity index (χ1) is 5.63. The molecule has 1 aromatic rings. The lowest BCUT2D eigenvalue weighted by atomic mass is 10.2. The average Bonchev–Trinajstić information content (AvgIpc) is 2.02. The Morgan fingerprint density at radius 3 is 1.83 bits per heavy atom. The van der Waals surface area contributed by atoms with Crippen LogP contribution in [-0.2, 0) is 4.79 Å². The van der Waals surface area contributed by atoms with Gasteiger partial charge in [0.2, 0.25) is 0 Å². The molecule has 0 bridgehead atoms. The summed E-state index contributed by atoms with van der Waals surface area (Å²) < 4.78 is 0. The van der Waals surface area contributed by atoms with E-state index in [-0.39, 0.29) is 11.5 Å². The number of carbonyl (C=O) groups is 1. The van der Waals surface area contributed by atoms with Gasteiger partial charge in [-0.05, 0) is 26.0 Å². The lowest BCUT2D eigenvalue weighted by molar-refractivity contribution is -0.106. The number of hydrogen-bond donors (Lipinski definition) is 2. The van der Waals surface area contributed by atoms with Gasteiger partial charge in [-0.15, -0.1) is 0 Å². The molecule has 0 spiro atoms. The summed E-state index contributed by atoms with van der Waals surface area (Å²) in [7, 11) is 0. The van der Waals surface area contributed by atoms with Gasteiger partial charge < -0.3 is 15.0 Å². The highest BCUT2D eigenvalue weighted by Gasteiger charge is 1.97. The van der Waals surface area contributed by atoms with E-state index < -0.39 is 0 Å². The topological polar surface area (TPSA) is 57.5 Å². The molecule has 0 amide bonds. The van der Waals surface area contributed by atoms with Gasteiger partial charge in [0.15, 0.2) is 0 Å². The van der Waals surface area contributed by atoms with Crippen LogP contribution in [0.4, 0.5) is 0 Å². The van der Waals surface area contributed by atoms with Crippen LogP contribution in [0.5, 0.6) is 11.5 Å². The third-order valence-corrected chi connectivity index (χ3v) is 1.28. The van der Waals surface area contributed by atoms with Gasteiger partial charge in [-0.1, -0.05) is 6.07 Å². The molecule has 66 valence electrons. The van der Waals surface area contributed by atoms with Crippen molar-refractivity contribution in [1.82, 2.24) is 0 Å². The molecule has 3 heteroatoms.